The van der Waals surface area contributed by atoms with Gasteiger partial charge in [-0.1, -0.05) is 11.3 Å². The van der Waals surface area contributed by atoms with E-state index in [1.807, 2.05) is 6.92 Å². The highest BCUT2D eigenvalue weighted by molar-refractivity contribution is 7.22. The fourth-order valence-electron chi connectivity index (χ4n) is 2.25. The lowest BCUT2D eigenvalue weighted by atomic mass is 10.2. The van der Waals surface area contributed by atoms with Crippen LogP contribution in [0.4, 0.5) is 5.13 Å². The molecule has 23 heavy (non-hydrogen) atoms. The van der Waals surface area contributed by atoms with Crippen molar-refractivity contribution >= 4 is 38.6 Å². The molecule has 8 heteroatoms. The molecule has 0 radical (unpaired) electrons. The van der Waals surface area contributed by atoms with Crippen LogP contribution in [0.1, 0.15) is 26.4 Å². The predicted molar refractivity (Wildman–Crippen MR) is 86.9 cm³/mol. The van der Waals surface area contributed by atoms with E-state index in [0.29, 0.717) is 21.9 Å². The molecular formula is C15H14N4O3S. The SMILES string of the molecule is COC(=O)c1ccc2nc(NC(=O)c3c(C)cnn3C)sc2c1. The largest absolute Gasteiger partial charge is 0.465 e. The van der Waals surface area contributed by atoms with Gasteiger partial charge in [0.25, 0.3) is 5.91 Å². The number of fused-ring (bicyclic) bond motifs is 1. The number of aromatic nitrogens is 3. The zero-order valence-corrected chi connectivity index (χ0v) is 13.6. The van der Waals surface area contributed by atoms with E-state index >= 15 is 0 Å². The molecule has 1 aromatic carbocycles. The summed E-state index contributed by atoms with van der Waals surface area (Å²) >= 11 is 1.30. The van der Waals surface area contributed by atoms with Crippen LogP contribution in [0.25, 0.3) is 10.2 Å². The average Bonchev–Trinajstić information content (AvgIpc) is 3.07. The second kappa shape index (κ2) is 5.81. The number of esters is 1. The van der Waals surface area contributed by atoms with Crippen molar-refractivity contribution in [3.05, 3.63) is 41.2 Å². The van der Waals surface area contributed by atoms with E-state index in [9.17, 15) is 9.59 Å². The van der Waals surface area contributed by atoms with Gasteiger partial charge < -0.3 is 4.74 Å². The first kappa shape index (κ1) is 15.2. The van der Waals surface area contributed by atoms with Crippen molar-refractivity contribution < 1.29 is 14.3 Å². The third-order valence-corrected chi connectivity index (χ3v) is 4.30. The average molecular weight is 330 g/mol. The summed E-state index contributed by atoms with van der Waals surface area (Å²) in [7, 11) is 3.05. The molecule has 0 aliphatic rings. The Bertz CT molecular complexity index is 893. The minimum absolute atomic E-state index is 0.269. The molecule has 0 aliphatic heterocycles. The van der Waals surface area contributed by atoms with E-state index in [1.54, 1.807) is 31.4 Å². The Morgan fingerprint density at radius 1 is 1.35 bits per heavy atom. The molecule has 3 rings (SSSR count). The number of ether oxygens (including phenoxy) is 1. The first-order chi connectivity index (χ1) is 11.0. The molecule has 0 aliphatic carbocycles. The van der Waals surface area contributed by atoms with Crippen molar-refractivity contribution in [2.45, 2.75) is 6.92 Å². The van der Waals surface area contributed by atoms with Crippen molar-refractivity contribution in [3.8, 4) is 0 Å². The van der Waals surface area contributed by atoms with Crippen LogP contribution in [0.15, 0.2) is 24.4 Å². The van der Waals surface area contributed by atoms with E-state index in [-0.39, 0.29) is 5.91 Å². The van der Waals surface area contributed by atoms with E-state index < -0.39 is 5.97 Å². The number of rotatable bonds is 3. The molecule has 1 N–H and O–H groups in total. The highest BCUT2D eigenvalue weighted by Crippen LogP contribution is 2.27. The number of benzene rings is 1. The van der Waals surface area contributed by atoms with Crippen molar-refractivity contribution in [1.82, 2.24) is 14.8 Å². The molecule has 0 atom stereocenters. The molecule has 0 spiro atoms. The van der Waals surface area contributed by atoms with Gasteiger partial charge in [0.15, 0.2) is 5.13 Å². The minimum atomic E-state index is -0.406. The number of carbonyl (C=O) groups excluding carboxylic acids is 2. The Balaban J connectivity index is 1.89. The number of thiazole rings is 1. The number of anilines is 1. The Hall–Kier alpha value is -2.74. The standard InChI is InChI=1S/C15H14N4O3S/c1-8-7-16-19(2)12(8)13(20)18-15-17-10-5-4-9(14(21)22-3)6-11(10)23-15/h4-7H,1-3H3,(H,17,18,20). The smallest absolute Gasteiger partial charge is 0.337 e. The lowest BCUT2D eigenvalue weighted by Gasteiger charge is -2.02. The summed E-state index contributed by atoms with van der Waals surface area (Å²) in [5.74, 6) is -0.675. The number of methoxy groups -OCH3 is 1. The summed E-state index contributed by atoms with van der Waals surface area (Å²) in [5, 5.41) is 7.28. The van der Waals surface area contributed by atoms with Crippen LogP contribution >= 0.6 is 11.3 Å². The van der Waals surface area contributed by atoms with Crippen LogP contribution in [0.2, 0.25) is 0 Å². The number of amides is 1. The summed E-state index contributed by atoms with van der Waals surface area (Å²) in [6.45, 7) is 1.82. The van der Waals surface area contributed by atoms with E-state index in [4.69, 9.17) is 4.74 Å². The van der Waals surface area contributed by atoms with Crippen LogP contribution in [-0.2, 0) is 11.8 Å². The fourth-order valence-corrected chi connectivity index (χ4v) is 3.15. The molecule has 2 aromatic heterocycles. The van der Waals surface area contributed by atoms with Crippen molar-refractivity contribution in [1.29, 1.82) is 0 Å². The van der Waals surface area contributed by atoms with Gasteiger partial charge in [0.2, 0.25) is 0 Å². The number of nitrogens with one attached hydrogen (secondary N) is 1. The molecule has 0 saturated heterocycles. The first-order valence-electron chi connectivity index (χ1n) is 6.78. The highest BCUT2D eigenvalue weighted by atomic mass is 32.1. The van der Waals surface area contributed by atoms with E-state index in [1.165, 1.54) is 23.1 Å². The second-order valence-corrected chi connectivity index (χ2v) is 5.98. The van der Waals surface area contributed by atoms with Gasteiger partial charge in [-0.15, -0.1) is 0 Å². The van der Waals surface area contributed by atoms with Crippen LogP contribution in [0.3, 0.4) is 0 Å². The molecule has 0 saturated carbocycles. The molecule has 0 fully saturated rings. The number of nitrogens with zero attached hydrogens (tertiary/aromatic N) is 3. The maximum absolute atomic E-state index is 12.3. The number of carbonyl (C=O) groups is 2. The van der Waals surface area contributed by atoms with Gasteiger partial charge in [0.1, 0.15) is 5.69 Å². The number of hydrogen-bond acceptors (Lipinski definition) is 6. The molecule has 0 unspecified atom stereocenters. The summed E-state index contributed by atoms with van der Waals surface area (Å²) in [4.78, 5) is 28.2. The Morgan fingerprint density at radius 3 is 2.78 bits per heavy atom. The van der Waals surface area contributed by atoms with Gasteiger partial charge in [0.05, 0.1) is 29.1 Å². The van der Waals surface area contributed by atoms with Gasteiger partial charge in [0, 0.05) is 7.05 Å². The van der Waals surface area contributed by atoms with Gasteiger partial charge in [-0.05, 0) is 30.7 Å². The predicted octanol–water partition coefficient (Wildman–Crippen LogP) is 2.38. The Labute approximate surface area is 135 Å². The maximum Gasteiger partial charge on any atom is 0.337 e. The summed E-state index contributed by atoms with van der Waals surface area (Å²) in [6.07, 6.45) is 1.63. The lowest BCUT2D eigenvalue weighted by molar-refractivity contribution is 0.0601. The Kier molecular flexibility index (Phi) is 3.83. The summed E-state index contributed by atoms with van der Waals surface area (Å²) < 4.78 is 7.02. The molecule has 0 bridgehead atoms. The molecule has 7 nitrogen and oxygen atoms in total. The summed E-state index contributed by atoms with van der Waals surface area (Å²) in [5.41, 5.74) is 2.43. The monoisotopic (exact) mass is 330 g/mol. The van der Waals surface area contributed by atoms with Crippen molar-refractivity contribution in [3.63, 3.8) is 0 Å². The summed E-state index contributed by atoms with van der Waals surface area (Å²) in [6, 6.07) is 5.07. The van der Waals surface area contributed by atoms with Crippen LogP contribution in [-0.4, -0.2) is 33.8 Å². The highest BCUT2D eigenvalue weighted by Gasteiger charge is 2.16. The molecular weight excluding hydrogens is 316 g/mol. The number of aryl methyl sites for hydroxylation is 2. The number of hydrogen-bond donors (Lipinski definition) is 1. The van der Waals surface area contributed by atoms with Crippen LogP contribution < -0.4 is 5.32 Å². The van der Waals surface area contributed by atoms with Gasteiger partial charge in [-0.2, -0.15) is 5.10 Å². The fraction of sp³-hybridized carbons (Fsp3) is 0.200. The van der Waals surface area contributed by atoms with Crippen LogP contribution in [0, 0.1) is 6.92 Å². The van der Waals surface area contributed by atoms with Crippen molar-refractivity contribution in [2.75, 3.05) is 12.4 Å². The lowest BCUT2D eigenvalue weighted by Crippen LogP contribution is -2.17. The van der Waals surface area contributed by atoms with Gasteiger partial charge >= 0.3 is 5.97 Å². The molecule has 118 valence electrons. The Morgan fingerprint density at radius 2 is 2.13 bits per heavy atom. The zero-order valence-electron chi connectivity index (χ0n) is 12.8. The zero-order chi connectivity index (χ0) is 16.6. The first-order valence-corrected chi connectivity index (χ1v) is 7.60. The maximum atomic E-state index is 12.3. The van der Waals surface area contributed by atoms with Gasteiger partial charge in [-0.3, -0.25) is 14.8 Å². The van der Waals surface area contributed by atoms with E-state index in [0.717, 1.165) is 10.3 Å². The third kappa shape index (κ3) is 2.80. The molecule has 1 amide bonds. The van der Waals surface area contributed by atoms with Crippen molar-refractivity contribution in [2.24, 2.45) is 7.05 Å². The van der Waals surface area contributed by atoms with Crippen LogP contribution in [0.5, 0.6) is 0 Å². The minimum Gasteiger partial charge on any atom is -0.465 e. The second-order valence-electron chi connectivity index (χ2n) is 4.95. The molecule has 2 heterocycles. The van der Waals surface area contributed by atoms with E-state index in [2.05, 4.69) is 15.4 Å². The normalized spacial score (nSPS) is 10.7. The quantitative estimate of drug-likeness (QED) is 0.745. The topological polar surface area (TPSA) is 86.1 Å². The molecule has 3 aromatic rings. The van der Waals surface area contributed by atoms with Gasteiger partial charge in [-0.25, -0.2) is 9.78 Å². The third-order valence-electron chi connectivity index (χ3n) is 3.37.